The highest BCUT2D eigenvalue weighted by molar-refractivity contribution is 14.0. The number of methoxy groups -OCH3 is 2. The maximum atomic E-state index is 12.5. The Morgan fingerprint density at radius 2 is 1.90 bits per heavy atom. The van der Waals surface area contributed by atoms with Crippen molar-refractivity contribution in [2.45, 2.75) is 26.4 Å². The number of nitrogens with zero attached hydrogens (tertiary/aromatic N) is 1. The maximum absolute atomic E-state index is 12.5. The summed E-state index contributed by atoms with van der Waals surface area (Å²) in [4.78, 5) is 4.49. The van der Waals surface area contributed by atoms with Gasteiger partial charge < -0.3 is 29.6 Å². The van der Waals surface area contributed by atoms with Gasteiger partial charge in [0.25, 0.3) is 0 Å². The normalized spacial score (nSPS) is 11.2. The van der Waals surface area contributed by atoms with Gasteiger partial charge in [-0.05, 0) is 37.5 Å². The lowest BCUT2D eigenvalue weighted by Gasteiger charge is -2.13. The van der Waals surface area contributed by atoms with Gasteiger partial charge in [0.1, 0.15) is 0 Å². The number of hydrogen-bond acceptors (Lipinski definition) is 5. The second kappa shape index (κ2) is 17.5. The number of alkyl halides is 2. The van der Waals surface area contributed by atoms with Crippen molar-refractivity contribution in [1.82, 2.24) is 10.6 Å². The van der Waals surface area contributed by atoms with Gasteiger partial charge in [-0.25, -0.2) is 0 Å². The van der Waals surface area contributed by atoms with E-state index in [0.29, 0.717) is 45.3 Å². The van der Waals surface area contributed by atoms with E-state index in [1.165, 1.54) is 7.11 Å². The summed E-state index contributed by atoms with van der Waals surface area (Å²) in [5, 5.41) is 6.40. The molecule has 0 saturated heterocycles. The third-order valence-electron chi connectivity index (χ3n) is 3.64. The number of guanidine groups is 1. The summed E-state index contributed by atoms with van der Waals surface area (Å²) in [6.45, 7) is 2.86. The van der Waals surface area contributed by atoms with Crippen LogP contribution in [0.1, 0.15) is 18.9 Å². The van der Waals surface area contributed by atoms with Crippen molar-refractivity contribution < 1.29 is 27.7 Å². The first kappa shape index (κ1) is 27.6. The summed E-state index contributed by atoms with van der Waals surface area (Å²) < 4.78 is 44.9. The van der Waals surface area contributed by atoms with Crippen molar-refractivity contribution in [2.24, 2.45) is 4.99 Å². The Kier molecular flexibility index (Phi) is 16.6. The second-order valence-electron chi connectivity index (χ2n) is 5.76. The van der Waals surface area contributed by atoms with Crippen LogP contribution in [0, 0.1) is 0 Å². The lowest BCUT2D eigenvalue weighted by Crippen LogP contribution is -2.38. The molecule has 0 bridgehead atoms. The molecule has 10 heteroatoms. The molecule has 0 fully saturated rings. The number of benzene rings is 1. The van der Waals surface area contributed by atoms with E-state index in [1.54, 1.807) is 19.2 Å². The Morgan fingerprint density at radius 3 is 2.55 bits per heavy atom. The molecule has 0 unspecified atom stereocenters. The summed E-state index contributed by atoms with van der Waals surface area (Å²) in [7, 11) is 3.05. The Morgan fingerprint density at radius 1 is 1.10 bits per heavy atom. The monoisotopic (exact) mass is 531 g/mol. The van der Waals surface area contributed by atoms with Crippen molar-refractivity contribution in [3.05, 3.63) is 23.8 Å². The Balaban J connectivity index is 0.00000784. The third-order valence-corrected chi connectivity index (χ3v) is 3.64. The molecule has 2 N–H and O–H groups in total. The molecule has 0 heterocycles. The van der Waals surface area contributed by atoms with E-state index in [1.807, 2.05) is 13.0 Å². The fourth-order valence-corrected chi connectivity index (χ4v) is 2.33. The molecule has 0 aliphatic carbocycles. The molecule has 0 aromatic heterocycles. The molecular formula is C19H32F2IN3O4. The number of ether oxygens (including phenoxy) is 4. The van der Waals surface area contributed by atoms with Crippen LogP contribution in [0.15, 0.2) is 23.2 Å². The molecule has 1 aromatic carbocycles. The van der Waals surface area contributed by atoms with Gasteiger partial charge in [0.15, 0.2) is 17.5 Å². The maximum Gasteiger partial charge on any atom is 0.387 e. The highest BCUT2D eigenvalue weighted by Gasteiger charge is 2.11. The SMILES string of the molecule is CCNC(=NCCCOCCOC)NCCc1ccc(OC)c(OC(F)F)c1.I. The summed E-state index contributed by atoms with van der Waals surface area (Å²) in [6, 6.07) is 5.00. The average molecular weight is 531 g/mol. The zero-order valence-corrected chi connectivity index (χ0v) is 19.5. The number of rotatable bonds is 14. The van der Waals surface area contributed by atoms with Crippen LogP contribution >= 0.6 is 24.0 Å². The first-order chi connectivity index (χ1) is 13.6. The van der Waals surface area contributed by atoms with Crippen LogP contribution in [0.4, 0.5) is 8.78 Å². The predicted molar refractivity (Wildman–Crippen MR) is 120 cm³/mol. The molecule has 0 aliphatic rings. The summed E-state index contributed by atoms with van der Waals surface area (Å²) >= 11 is 0. The van der Waals surface area contributed by atoms with Crippen LogP contribution in [0.2, 0.25) is 0 Å². The van der Waals surface area contributed by atoms with Crippen LogP contribution in [0.25, 0.3) is 0 Å². The zero-order valence-electron chi connectivity index (χ0n) is 17.2. The number of nitrogens with one attached hydrogen (secondary N) is 2. The fourth-order valence-electron chi connectivity index (χ4n) is 2.33. The van der Waals surface area contributed by atoms with Crippen LogP contribution in [0.5, 0.6) is 11.5 Å². The topological polar surface area (TPSA) is 73.3 Å². The van der Waals surface area contributed by atoms with Gasteiger partial charge in [-0.15, -0.1) is 24.0 Å². The Hall–Kier alpha value is -1.40. The highest BCUT2D eigenvalue weighted by atomic mass is 127. The van der Waals surface area contributed by atoms with Crippen molar-refractivity contribution in [1.29, 1.82) is 0 Å². The molecule has 0 amide bonds. The lowest BCUT2D eigenvalue weighted by molar-refractivity contribution is -0.0512. The molecule has 0 radical (unpaired) electrons. The molecule has 0 atom stereocenters. The summed E-state index contributed by atoms with van der Waals surface area (Å²) in [6.07, 6.45) is 1.43. The Labute approximate surface area is 188 Å². The van der Waals surface area contributed by atoms with E-state index >= 15 is 0 Å². The minimum absolute atomic E-state index is 0. The van der Waals surface area contributed by atoms with Crippen molar-refractivity contribution >= 4 is 29.9 Å². The minimum Gasteiger partial charge on any atom is -0.493 e. The molecule has 1 rings (SSSR count). The van der Waals surface area contributed by atoms with Crippen LogP contribution < -0.4 is 20.1 Å². The first-order valence-electron chi connectivity index (χ1n) is 9.31. The van der Waals surface area contributed by atoms with E-state index in [0.717, 1.165) is 18.5 Å². The molecule has 1 aromatic rings. The Bertz CT molecular complexity index is 580. The third kappa shape index (κ3) is 12.7. The van der Waals surface area contributed by atoms with Crippen molar-refractivity contribution in [3.63, 3.8) is 0 Å². The average Bonchev–Trinajstić information content (AvgIpc) is 2.67. The zero-order chi connectivity index (χ0) is 20.6. The molecule has 0 spiro atoms. The van der Waals surface area contributed by atoms with Crippen LogP contribution in [-0.2, 0) is 15.9 Å². The summed E-state index contributed by atoms with van der Waals surface area (Å²) in [5.74, 6) is 1.01. The molecule has 0 saturated carbocycles. The standard InChI is InChI=1S/C19H31F2N3O4.HI/c1-4-22-19(23-9-5-11-27-13-12-25-2)24-10-8-15-6-7-16(26-3)17(14-15)28-18(20)21;/h6-7,14,18H,4-5,8-13H2,1-3H3,(H2,22,23,24);1H. The first-order valence-corrected chi connectivity index (χ1v) is 9.31. The van der Waals surface area contributed by atoms with E-state index in [2.05, 4.69) is 20.4 Å². The molecule has 7 nitrogen and oxygen atoms in total. The molecule has 168 valence electrons. The van der Waals surface area contributed by atoms with Gasteiger partial charge in [-0.3, -0.25) is 4.99 Å². The van der Waals surface area contributed by atoms with Gasteiger partial charge in [0.05, 0.1) is 20.3 Å². The van der Waals surface area contributed by atoms with Gasteiger partial charge in [-0.1, -0.05) is 6.07 Å². The largest absolute Gasteiger partial charge is 0.493 e. The van der Waals surface area contributed by atoms with Crippen LogP contribution in [-0.4, -0.2) is 66.2 Å². The quantitative estimate of drug-likeness (QED) is 0.167. The molecule has 0 aliphatic heterocycles. The van der Waals surface area contributed by atoms with Gasteiger partial charge in [0, 0.05) is 33.4 Å². The van der Waals surface area contributed by atoms with Gasteiger partial charge in [0.2, 0.25) is 0 Å². The number of halogens is 3. The van der Waals surface area contributed by atoms with Gasteiger partial charge in [-0.2, -0.15) is 8.78 Å². The predicted octanol–water partition coefficient (Wildman–Crippen LogP) is 3.07. The molecular weight excluding hydrogens is 499 g/mol. The number of hydrogen-bond donors (Lipinski definition) is 2. The van der Waals surface area contributed by atoms with E-state index < -0.39 is 6.61 Å². The van der Waals surface area contributed by atoms with Crippen LogP contribution in [0.3, 0.4) is 0 Å². The van der Waals surface area contributed by atoms with E-state index in [9.17, 15) is 8.78 Å². The smallest absolute Gasteiger partial charge is 0.387 e. The number of aliphatic imine (C=N–C) groups is 1. The van der Waals surface area contributed by atoms with E-state index in [4.69, 9.17) is 14.2 Å². The van der Waals surface area contributed by atoms with Gasteiger partial charge >= 0.3 is 6.61 Å². The van der Waals surface area contributed by atoms with E-state index in [-0.39, 0.29) is 35.5 Å². The molecule has 29 heavy (non-hydrogen) atoms. The highest BCUT2D eigenvalue weighted by Crippen LogP contribution is 2.29. The lowest BCUT2D eigenvalue weighted by atomic mass is 10.1. The fraction of sp³-hybridized carbons (Fsp3) is 0.632. The second-order valence-corrected chi connectivity index (χ2v) is 5.76. The minimum atomic E-state index is -2.90. The van der Waals surface area contributed by atoms with Crippen molar-refractivity contribution in [2.75, 3.05) is 53.7 Å². The summed E-state index contributed by atoms with van der Waals surface area (Å²) in [5.41, 5.74) is 0.853. The van der Waals surface area contributed by atoms with Crippen molar-refractivity contribution in [3.8, 4) is 11.5 Å².